The van der Waals surface area contributed by atoms with Gasteiger partial charge < -0.3 is 15.5 Å². The van der Waals surface area contributed by atoms with Crippen molar-refractivity contribution in [1.82, 2.24) is 9.97 Å². The van der Waals surface area contributed by atoms with E-state index in [1.807, 2.05) is 0 Å². The fourth-order valence-corrected chi connectivity index (χ4v) is 0.215. The molecule has 5 N–H and O–H groups in total. The van der Waals surface area contributed by atoms with Gasteiger partial charge in [0.1, 0.15) is 0 Å². The Hall–Kier alpha value is -0.827. The van der Waals surface area contributed by atoms with Gasteiger partial charge in [0, 0.05) is 31.9 Å². The van der Waals surface area contributed by atoms with Crippen molar-refractivity contribution in [2.75, 3.05) is 0 Å². The minimum atomic E-state index is -4.67. The molecule has 14 heavy (non-hydrogen) atoms. The Kier molecular flexibility index (Phi) is 16.4. The van der Waals surface area contributed by atoms with Gasteiger partial charge in [0.2, 0.25) is 0 Å². The summed E-state index contributed by atoms with van der Waals surface area (Å²) in [6, 6.07) is 0. The average Bonchev–Trinajstić information content (AvgIpc) is 2.36. The van der Waals surface area contributed by atoms with E-state index in [1.165, 1.54) is 0 Å². The number of amides is 1. The number of H-pyrrole nitrogens is 1. The molecule has 1 heterocycles. The average molecular weight is 276 g/mol. The first kappa shape index (κ1) is 18.9. The Bertz CT molecular complexity index is 261. The predicted molar refractivity (Wildman–Crippen MR) is 42.6 cm³/mol. The number of imidazole rings is 1. The van der Waals surface area contributed by atoms with E-state index in [1.54, 1.807) is 18.7 Å². The van der Waals surface area contributed by atoms with Gasteiger partial charge >= 0.3 is 10.4 Å². The van der Waals surface area contributed by atoms with Crippen LogP contribution in [0.5, 0.6) is 0 Å². The third-order valence-electron chi connectivity index (χ3n) is 0.406. The van der Waals surface area contributed by atoms with Crippen molar-refractivity contribution in [1.29, 1.82) is 0 Å². The fourth-order valence-electron chi connectivity index (χ4n) is 0.215. The van der Waals surface area contributed by atoms with E-state index < -0.39 is 10.4 Å². The quantitative estimate of drug-likeness (QED) is 0.202. The molecule has 1 rings (SSSR count). The van der Waals surface area contributed by atoms with Crippen LogP contribution in [-0.4, -0.2) is 33.9 Å². The topological polar surface area (TPSA) is 146 Å². The molecule has 0 aliphatic rings. The van der Waals surface area contributed by atoms with Crippen LogP contribution in [0, 0.1) is 0 Å². The van der Waals surface area contributed by atoms with Gasteiger partial charge in [-0.1, -0.05) is 0 Å². The van der Waals surface area contributed by atoms with Gasteiger partial charge in [-0.15, -0.1) is 0 Å². The van der Waals surface area contributed by atoms with Gasteiger partial charge in [-0.05, 0) is 0 Å². The van der Waals surface area contributed by atoms with Crippen LogP contribution in [0.1, 0.15) is 0 Å². The summed E-state index contributed by atoms with van der Waals surface area (Å²) in [4.78, 5) is 14.9. The van der Waals surface area contributed by atoms with Crippen LogP contribution in [0.15, 0.2) is 18.7 Å². The van der Waals surface area contributed by atoms with Gasteiger partial charge in [-0.25, -0.2) is 4.98 Å². The van der Waals surface area contributed by atoms with Crippen molar-refractivity contribution < 1.29 is 41.8 Å². The van der Waals surface area contributed by atoms with Crippen LogP contribution < -0.4 is 5.73 Å². The molecular formula is C4H8N3O5SZn-. The van der Waals surface area contributed by atoms with Crippen LogP contribution in [0.3, 0.4) is 0 Å². The standard InChI is InChI=1S/C3H4N2.CH2NO.H2O4S.Zn/c1-2-5-3-4-1;2-1-3;1-5(2,3)4;/h1-3H,(H,4,5);(H2,2,3);(H2,1,2,3,4);/q;-1;;. The van der Waals surface area contributed by atoms with Crippen LogP contribution >= 0.6 is 0 Å². The summed E-state index contributed by atoms with van der Waals surface area (Å²) in [6.07, 6.45) is 6.08. The molecule has 10 heteroatoms. The number of nitrogens with two attached hydrogens (primary N) is 1. The zero-order chi connectivity index (χ0) is 10.7. The van der Waals surface area contributed by atoms with E-state index in [2.05, 4.69) is 15.7 Å². The van der Waals surface area contributed by atoms with Gasteiger partial charge in [-0.2, -0.15) is 14.8 Å². The van der Waals surface area contributed by atoms with Crippen molar-refractivity contribution >= 4 is 16.8 Å². The maximum absolute atomic E-state index is 8.74. The first-order valence-electron chi connectivity index (χ1n) is 2.62. The number of aromatic nitrogens is 2. The number of nitrogens with one attached hydrogen (secondary N) is 1. The third kappa shape index (κ3) is 66.4. The van der Waals surface area contributed by atoms with Crippen molar-refractivity contribution in [2.24, 2.45) is 5.73 Å². The van der Waals surface area contributed by atoms with Crippen molar-refractivity contribution in [3.05, 3.63) is 18.7 Å². The summed E-state index contributed by atoms with van der Waals surface area (Å²) in [5.41, 5.74) is 4.04. The maximum Gasteiger partial charge on any atom is 0.394 e. The molecular weight excluding hydrogens is 268 g/mol. The van der Waals surface area contributed by atoms with Gasteiger partial charge in [0.05, 0.1) is 6.33 Å². The smallest absolute Gasteiger partial charge is 0.394 e. The molecule has 0 saturated carbocycles. The molecule has 0 spiro atoms. The number of hydrogen-bond donors (Lipinski definition) is 4. The molecule has 1 aromatic heterocycles. The summed E-state index contributed by atoms with van der Waals surface area (Å²) < 4.78 is 31.6. The summed E-state index contributed by atoms with van der Waals surface area (Å²) in [6.45, 7) is 0. The number of rotatable bonds is 0. The zero-order valence-corrected chi connectivity index (χ0v) is 10.8. The van der Waals surface area contributed by atoms with E-state index in [0.29, 0.717) is 0 Å². The van der Waals surface area contributed by atoms with E-state index in [4.69, 9.17) is 22.3 Å². The zero-order valence-electron chi connectivity index (χ0n) is 6.99. The van der Waals surface area contributed by atoms with Crippen molar-refractivity contribution in [3.63, 3.8) is 0 Å². The van der Waals surface area contributed by atoms with Crippen molar-refractivity contribution in [2.45, 2.75) is 0 Å². The van der Waals surface area contributed by atoms with E-state index >= 15 is 0 Å². The predicted octanol–water partition coefficient (Wildman–Crippen LogP) is -1.23. The van der Waals surface area contributed by atoms with Crippen molar-refractivity contribution in [3.8, 4) is 0 Å². The van der Waals surface area contributed by atoms with E-state index in [9.17, 15) is 0 Å². The summed E-state index contributed by atoms with van der Waals surface area (Å²) in [5.74, 6) is 0. The second-order valence-electron chi connectivity index (χ2n) is 1.33. The number of primary amides is 1. The summed E-state index contributed by atoms with van der Waals surface area (Å²) in [7, 11) is -4.67. The van der Waals surface area contributed by atoms with E-state index in [0.717, 1.165) is 6.41 Å². The molecule has 0 bridgehead atoms. The molecule has 0 atom stereocenters. The first-order valence-corrected chi connectivity index (χ1v) is 4.02. The first-order chi connectivity index (χ1) is 5.91. The molecule has 0 saturated heterocycles. The molecule has 8 nitrogen and oxygen atoms in total. The molecule has 1 amide bonds. The second kappa shape index (κ2) is 12.2. The molecule has 0 aliphatic carbocycles. The molecule has 0 radical (unpaired) electrons. The fraction of sp³-hybridized carbons (Fsp3) is 0. The van der Waals surface area contributed by atoms with Crippen LogP contribution in [0.25, 0.3) is 0 Å². The Morgan fingerprint density at radius 1 is 1.43 bits per heavy atom. The van der Waals surface area contributed by atoms with Gasteiger partial charge in [0.15, 0.2) is 0 Å². The summed E-state index contributed by atoms with van der Waals surface area (Å²) in [5, 5.41) is 0. The number of hydrogen-bond acceptors (Lipinski definition) is 4. The minimum Gasteiger partial charge on any atom is -0.543 e. The molecule has 1 aromatic rings. The summed E-state index contributed by atoms with van der Waals surface area (Å²) >= 11 is 0. The number of carbonyl (C=O) groups excluding carboxylic acids is 1. The number of nitrogens with zero attached hydrogens (tertiary/aromatic N) is 1. The minimum absolute atomic E-state index is 0. The van der Waals surface area contributed by atoms with E-state index in [-0.39, 0.29) is 19.5 Å². The Morgan fingerprint density at radius 2 is 1.79 bits per heavy atom. The Labute approximate surface area is 93.3 Å². The van der Waals surface area contributed by atoms with Crippen LogP contribution in [-0.2, 0) is 34.7 Å². The normalized spacial score (nSPS) is 7.86. The molecule has 0 fully saturated rings. The van der Waals surface area contributed by atoms with Crippen LogP contribution in [0.2, 0.25) is 0 Å². The van der Waals surface area contributed by atoms with Crippen LogP contribution in [0.4, 0.5) is 0 Å². The second-order valence-corrected chi connectivity index (χ2v) is 2.22. The SMILES string of the molecule is N[C-]=O.O=S(=O)(O)O.[Zn].c1c[nH]cn1. The Morgan fingerprint density at radius 3 is 1.86 bits per heavy atom. The molecule has 78 valence electrons. The molecule has 0 aliphatic heterocycles. The number of aromatic amines is 1. The largest absolute Gasteiger partial charge is 0.543 e. The van der Waals surface area contributed by atoms with Gasteiger partial charge in [-0.3, -0.25) is 9.11 Å². The third-order valence-corrected chi connectivity index (χ3v) is 0.406. The monoisotopic (exact) mass is 274 g/mol. The molecule has 0 aromatic carbocycles. The van der Waals surface area contributed by atoms with Gasteiger partial charge in [0.25, 0.3) is 0 Å². The Balaban J connectivity index is -0.000000130. The maximum atomic E-state index is 8.74. The molecule has 0 unspecified atom stereocenters.